The van der Waals surface area contributed by atoms with Crippen molar-refractivity contribution in [2.45, 2.75) is 20.8 Å². The van der Waals surface area contributed by atoms with Crippen molar-refractivity contribution in [2.24, 2.45) is 0 Å². The molecule has 0 unspecified atom stereocenters. The summed E-state index contributed by atoms with van der Waals surface area (Å²) in [6, 6.07) is 0. The van der Waals surface area contributed by atoms with Gasteiger partial charge in [-0.2, -0.15) is 5.10 Å². The van der Waals surface area contributed by atoms with Crippen LogP contribution in [0, 0.1) is 13.8 Å². The minimum absolute atomic E-state index is 0.0169. The number of methoxy groups -OCH3 is 1. The summed E-state index contributed by atoms with van der Waals surface area (Å²) < 4.78 is 4.98. The van der Waals surface area contributed by atoms with Crippen LogP contribution in [0.3, 0.4) is 0 Å². The molecular formula is C11H19N3O2. The molecule has 0 aliphatic carbocycles. The summed E-state index contributed by atoms with van der Waals surface area (Å²) in [5.74, 6) is 0.0169. The molecule has 5 nitrogen and oxygen atoms in total. The van der Waals surface area contributed by atoms with E-state index in [0.717, 1.165) is 11.4 Å². The van der Waals surface area contributed by atoms with E-state index in [1.807, 2.05) is 20.8 Å². The van der Waals surface area contributed by atoms with Crippen LogP contribution in [0.4, 0.5) is 0 Å². The highest BCUT2D eigenvalue weighted by molar-refractivity contribution is 5.96. The fourth-order valence-corrected chi connectivity index (χ4v) is 1.63. The molecule has 0 aliphatic rings. The van der Waals surface area contributed by atoms with E-state index in [4.69, 9.17) is 4.74 Å². The zero-order valence-corrected chi connectivity index (χ0v) is 10.3. The van der Waals surface area contributed by atoms with Crippen molar-refractivity contribution in [3.63, 3.8) is 0 Å². The highest BCUT2D eigenvalue weighted by atomic mass is 16.5. The maximum atomic E-state index is 12.2. The van der Waals surface area contributed by atoms with E-state index in [2.05, 4.69) is 10.2 Å². The fourth-order valence-electron chi connectivity index (χ4n) is 1.63. The van der Waals surface area contributed by atoms with Crippen molar-refractivity contribution >= 4 is 5.91 Å². The Hall–Kier alpha value is -1.36. The third-order valence-corrected chi connectivity index (χ3v) is 2.58. The van der Waals surface area contributed by atoms with Gasteiger partial charge in [0.1, 0.15) is 0 Å². The van der Waals surface area contributed by atoms with Crippen LogP contribution in [0.2, 0.25) is 0 Å². The van der Waals surface area contributed by atoms with Crippen LogP contribution >= 0.6 is 0 Å². The Bertz CT molecular complexity index is 341. The van der Waals surface area contributed by atoms with Crippen molar-refractivity contribution in [3.8, 4) is 0 Å². The predicted octanol–water partition coefficient (Wildman–Crippen LogP) is 1.14. The highest BCUT2D eigenvalue weighted by Gasteiger charge is 2.20. The fraction of sp³-hybridized carbons (Fsp3) is 0.636. The molecule has 0 atom stereocenters. The Morgan fingerprint density at radius 1 is 1.50 bits per heavy atom. The molecule has 0 spiro atoms. The summed E-state index contributed by atoms with van der Waals surface area (Å²) in [4.78, 5) is 14.0. The quantitative estimate of drug-likeness (QED) is 0.817. The van der Waals surface area contributed by atoms with Crippen LogP contribution in [-0.2, 0) is 4.74 Å². The molecule has 0 aliphatic heterocycles. The van der Waals surface area contributed by atoms with E-state index in [0.29, 0.717) is 25.3 Å². The number of hydrogen-bond donors (Lipinski definition) is 1. The van der Waals surface area contributed by atoms with Gasteiger partial charge in [0.05, 0.1) is 17.9 Å². The number of hydrogen-bond acceptors (Lipinski definition) is 3. The minimum atomic E-state index is 0.0169. The average molecular weight is 225 g/mol. The minimum Gasteiger partial charge on any atom is -0.383 e. The Kier molecular flexibility index (Phi) is 4.49. The van der Waals surface area contributed by atoms with Crippen LogP contribution in [-0.4, -0.2) is 47.8 Å². The number of nitrogens with one attached hydrogen (secondary N) is 1. The Balaban J connectivity index is 2.82. The summed E-state index contributed by atoms with van der Waals surface area (Å²) in [5.41, 5.74) is 2.25. The van der Waals surface area contributed by atoms with Crippen molar-refractivity contribution in [2.75, 3.05) is 26.8 Å². The third-order valence-electron chi connectivity index (χ3n) is 2.58. The first-order valence-electron chi connectivity index (χ1n) is 5.41. The van der Waals surface area contributed by atoms with Gasteiger partial charge in [-0.1, -0.05) is 0 Å². The molecule has 1 N–H and O–H groups in total. The van der Waals surface area contributed by atoms with Crippen molar-refractivity contribution in [3.05, 3.63) is 17.0 Å². The van der Waals surface area contributed by atoms with E-state index in [1.165, 1.54) is 0 Å². The first kappa shape index (κ1) is 12.7. The van der Waals surface area contributed by atoms with Crippen LogP contribution < -0.4 is 0 Å². The van der Waals surface area contributed by atoms with Gasteiger partial charge >= 0.3 is 0 Å². The zero-order chi connectivity index (χ0) is 12.1. The van der Waals surface area contributed by atoms with Crippen molar-refractivity contribution in [1.29, 1.82) is 0 Å². The number of carbonyl (C=O) groups is 1. The normalized spacial score (nSPS) is 10.5. The van der Waals surface area contributed by atoms with Gasteiger partial charge in [-0.15, -0.1) is 0 Å². The lowest BCUT2D eigenvalue weighted by Gasteiger charge is -2.20. The molecule has 0 saturated heterocycles. The molecule has 16 heavy (non-hydrogen) atoms. The number of amides is 1. The van der Waals surface area contributed by atoms with Gasteiger partial charge in [-0.3, -0.25) is 9.89 Å². The van der Waals surface area contributed by atoms with E-state index in [9.17, 15) is 4.79 Å². The van der Waals surface area contributed by atoms with Gasteiger partial charge in [0.15, 0.2) is 0 Å². The molecule has 1 heterocycles. The predicted molar refractivity (Wildman–Crippen MR) is 61.5 cm³/mol. The number of nitrogens with zero attached hydrogens (tertiary/aromatic N) is 2. The Morgan fingerprint density at radius 3 is 2.62 bits per heavy atom. The number of aromatic nitrogens is 2. The van der Waals surface area contributed by atoms with Gasteiger partial charge in [0, 0.05) is 25.9 Å². The number of aromatic amines is 1. The monoisotopic (exact) mass is 225 g/mol. The summed E-state index contributed by atoms with van der Waals surface area (Å²) in [5, 5.41) is 6.85. The van der Waals surface area contributed by atoms with Crippen LogP contribution in [0.5, 0.6) is 0 Å². The van der Waals surface area contributed by atoms with Gasteiger partial charge < -0.3 is 9.64 Å². The lowest BCUT2D eigenvalue weighted by Crippen LogP contribution is -2.34. The highest BCUT2D eigenvalue weighted by Crippen LogP contribution is 2.12. The number of rotatable bonds is 5. The van der Waals surface area contributed by atoms with E-state index >= 15 is 0 Å². The van der Waals surface area contributed by atoms with Crippen molar-refractivity contribution in [1.82, 2.24) is 15.1 Å². The first-order valence-corrected chi connectivity index (χ1v) is 5.41. The Labute approximate surface area is 95.8 Å². The number of ether oxygens (including phenoxy) is 1. The van der Waals surface area contributed by atoms with E-state index in [-0.39, 0.29) is 5.91 Å². The van der Waals surface area contributed by atoms with Crippen LogP contribution in [0.1, 0.15) is 28.7 Å². The number of aryl methyl sites for hydroxylation is 2. The molecule has 1 rings (SSSR count). The molecule has 0 radical (unpaired) electrons. The number of carbonyl (C=O) groups excluding carboxylic acids is 1. The zero-order valence-electron chi connectivity index (χ0n) is 10.3. The van der Waals surface area contributed by atoms with Gasteiger partial charge in [-0.05, 0) is 20.8 Å². The van der Waals surface area contributed by atoms with Gasteiger partial charge in [0.2, 0.25) is 0 Å². The van der Waals surface area contributed by atoms with Gasteiger partial charge in [-0.25, -0.2) is 0 Å². The standard InChI is InChI=1S/C11H19N3O2/c1-5-14(6-7-16-4)11(15)10-8(2)12-13-9(10)3/h5-7H2,1-4H3,(H,12,13). The summed E-state index contributed by atoms with van der Waals surface area (Å²) in [6.45, 7) is 7.48. The largest absolute Gasteiger partial charge is 0.383 e. The maximum absolute atomic E-state index is 12.2. The van der Waals surface area contributed by atoms with E-state index in [1.54, 1.807) is 12.0 Å². The first-order chi connectivity index (χ1) is 7.61. The molecule has 5 heteroatoms. The molecule has 0 aromatic carbocycles. The maximum Gasteiger partial charge on any atom is 0.257 e. The summed E-state index contributed by atoms with van der Waals surface area (Å²) in [6.07, 6.45) is 0. The second kappa shape index (κ2) is 5.65. The number of H-pyrrole nitrogens is 1. The molecule has 90 valence electrons. The van der Waals surface area contributed by atoms with Gasteiger partial charge in [0.25, 0.3) is 5.91 Å². The molecular weight excluding hydrogens is 206 g/mol. The SMILES string of the molecule is CCN(CCOC)C(=O)c1c(C)n[nH]c1C. The number of likely N-dealkylation sites (N-methyl/N-ethyl adjacent to an activating group) is 1. The Morgan fingerprint density at radius 2 is 2.19 bits per heavy atom. The van der Waals surface area contributed by atoms with Crippen molar-refractivity contribution < 1.29 is 9.53 Å². The second-order valence-corrected chi connectivity index (χ2v) is 3.69. The molecule has 1 aromatic rings. The summed E-state index contributed by atoms with van der Waals surface area (Å²) >= 11 is 0. The average Bonchev–Trinajstić information content (AvgIpc) is 2.59. The molecule has 1 amide bonds. The lowest BCUT2D eigenvalue weighted by atomic mass is 10.1. The summed E-state index contributed by atoms with van der Waals surface area (Å²) in [7, 11) is 1.63. The van der Waals surface area contributed by atoms with E-state index < -0.39 is 0 Å². The lowest BCUT2D eigenvalue weighted by molar-refractivity contribution is 0.0705. The van der Waals surface area contributed by atoms with Crippen LogP contribution in [0.25, 0.3) is 0 Å². The third kappa shape index (κ3) is 2.61. The molecule has 0 fully saturated rings. The molecule has 0 bridgehead atoms. The second-order valence-electron chi connectivity index (χ2n) is 3.69. The van der Waals surface area contributed by atoms with Crippen LogP contribution in [0.15, 0.2) is 0 Å². The molecule has 0 saturated carbocycles. The smallest absolute Gasteiger partial charge is 0.257 e. The topological polar surface area (TPSA) is 58.2 Å². The molecule has 1 aromatic heterocycles.